The molecule has 0 unspecified atom stereocenters. The Kier molecular flexibility index (Phi) is 7.02. The molecule has 2 aliphatic rings. The predicted octanol–water partition coefficient (Wildman–Crippen LogP) is 3.92. The fraction of sp³-hybridized carbons (Fsp3) is 0.464. The molecule has 2 fully saturated rings. The van der Waals surface area contributed by atoms with Crippen molar-refractivity contribution in [3.05, 3.63) is 65.9 Å². The molecule has 3 aromatic rings. The molecule has 0 radical (unpaired) electrons. The highest BCUT2D eigenvalue weighted by Gasteiger charge is 2.29. The second-order valence-electron chi connectivity index (χ2n) is 9.98. The lowest BCUT2D eigenvalue weighted by Gasteiger charge is -2.34. The molecule has 0 N–H and O–H groups in total. The fourth-order valence-electron chi connectivity index (χ4n) is 5.71. The maximum Gasteiger partial charge on any atom is 0.274 e. The Morgan fingerprint density at radius 2 is 1.60 bits per heavy atom. The number of likely N-dealkylation sites (tertiary alicyclic amines) is 2. The molecule has 182 valence electrons. The van der Waals surface area contributed by atoms with Crippen LogP contribution in [0.1, 0.15) is 54.4 Å². The third kappa shape index (κ3) is 5.34. The third-order valence-electron chi connectivity index (χ3n) is 7.47. The zero-order valence-corrected chi connectivity index (χ0v) is 20.4. The Hall–Kier alpha value is -3.35. The molecular formula is C28H33N5O2. The Morgan fingerprint density at radius 3 is 2.43 bits per heavy atom. The lowest BCUT2D eigenvalue weighted by Crippen LogP contribution is -2.42. The maximum absolute atomic E-state index is 13.6. The smallest absolute Gasteiger partial charge is 0.274 e. The number of rotatable bonds is 5. The predicted molar refractivity (Wildman–Crippen MR) is 135 cm³/mol. The number of pyridine rings is 1. The number of fused-ring (bicyclic) bond motifs is 1. The number of carbonyl (C=O) groups excluding carboxylic acids is 2. The van der Waals surface area contributed by atoms with E-state index in [0.717, 1.165) is 69.5 Å². The van der Waals surface area contributed by atoms with Gasteiger partial charge in [0.1, 0.15) is 5.69 Å². The minimum absolute atomic E-state index is 0.0170. The molecule has 2 atom stereocenters. The molecule has 2 saturated heterocycles. The Balaban J connectivity index is 1.28. The van der Waals surface area contributed by atoms with Crippen LogP contribution in [0.4, 0.5) is 0 Å². The van der Waals surface area contributed by atoms with Crippen molar-refractivity contribution >= 4 is 22.7 Å². The van der Waals surface area contributed by atoms with Crippen LogP contribution in [-0.4, -0.2) is 62.7 Å². The minimum Gasteiger partial charge on any atom is -0.343 e. The molecule has 1 aromatic carbocycles. The summed E-state index contributed by atoms with van der Waals surface area (Å²) in [6.45, 7) is 4.66. The van der Waals surface area contributed by atoms with Crippen molar-refractivity contribution in [2.75, 3.05) is 26.2 Å². The van der Waals surface area contributed by atoms with E-state index in [1.54, 1.807) is 19.3 Å². The molecule has 4 heterocycles. The van der Waals surface area contributed by atoms with Gasteiger partial charge in [0, 0.05) is 57.1 Å². The first-order valence-electron chi connectivity index (χ1n) is 12.8. The lowest BCUT2D eigenvalue weighted by molar-refractivity contribution is -0.130. The first-order valence-corrected chi connectivity index (χ1v) is 12.8. The van der Waals surface area contributed by atoms with Gasteiger partial charge >= 0.3 is 0 Å². The molecule has 7 heteroatoms. The Labute approximate surface area is 206 Å². The highest BCUT2D eigenvalue weighted by atomic mass is 16.2. The van der Waals surface area contributed by atoms with Gasteiger partial charge in [-0.25, -0.2) is 4.98 Å². The summed E-state index contributed by atoms with van der Waals surface area (Å²) in [7, 11) is 0. The van der Waals surface area contributed by atoms with E-state index >= 15 is 0 Å². The molecule has 7 nitrogen and oxygen atoms in total. The van der Waals surface area contributed by atoms with Gasteiger partial charge in [-0.05, 0) is 68.1 Å². The van der Waals surface area contributed by atoms with E-state index in [1.807, 2.05) is 28.1 Å². The van der Waals surface area contributed by atoms with Gasteiger partial charge in [0.2, 0.25) is 5.91 Å². The van der Waals surface area contributed by atoms with Gasteiger partial charge in [-0.3, -0.25) is 19.6 Å². The molecule has 5 rings (SSSR count). The number of benzene rings is 1. The van der Waals surface area contributed by atoms with Gasteiger partial charge in [-0.2, -0.15) is 0 Å². The van der Waals surface area contributed by atoms with Gasteiger partial charge in [0.05, 0.1) is 11.2 Å². The van der Waals surface area contributed by atoms with E-state index in [4.69, 9.17) is 0 Å². The summed E-state index contributed by atoms with van der Waals surface area (Å²) < 4.78 is 0. The van der Waals surface area contributed by atoms with Gasteiger partial charge in [-0.15, -0.1) is 0 Å². The summed E-state index contributed by atoms with van der Waals surface area (Å²) in [5.74, 6) is 0.814. The lowest BCUT2D eigenvalue weighted by atomic mass is 9.89. The van der Waals surface area contributed by atoms with Crippen molar-refractivity contribution in [2.45, 2.75) is 45.4 Å². The number of carbonyl (C=O) groups is 2. The first-order chi connectivity index (χ1) is 17.1. The molecular weight excluding hydrogens is 438 g/mol. The zero-order valence-electron chi connectivity index (χ0n) is 20.4. The number of amides is 2. The van der Waals surface area contributed by atoms with Gasteiger partial charge < -0.3 is 9.80 Å². The number of nitrogens with zero attached hydrogens (tertiary/aromatic N) is 5. The van der Waals surface area contributed by atoms with Crippen LogP contribution < -0.4 is 0 Å². The summed E-state index contributed by atoms with van der Waals surface area (Å²) in [6.07, 6.45) is 10.9. The molecule has 2 aliphatic heterocycles. The highest BCUT2D eigenvalue weighted by Crippen LogP contribution is 2.27. The first kappa shape index (κ1) is 23.4. The van der Waals surface area contributed by atoms with E-state index < -0.39 is 0 Å². The average molecular weight is 472 g/mol. The monoisotopic (exact) mass is 471 g/mol. The van der Waals surface area contributed by atoms with Crippen molar-refractivity contribution in [3.63, 3.8) is 0 Å². The average Bonchev–Trinajstić information content (AvgIpc) is 2.89. The third-order valence-corrected chi connectivity index (χ3v) is 7.47. The van der Waals surface area contributed by atoms with E-state index in [1.165, 1.54) is 10.9 Å². The number of aromatic nitrogens is 3. The van der Waals surface area contributed by atoms with Gasteiger partial charge in [0.25, 0.3) is 5.91 Å². The molecule has 0 spiro atoms. The van der Waals surface area contributed by atoms with Crippen LogP contribution in [0.15, 0.2) is 48.9 Å². The van der Waals surface area contributed by atoms with Crippen LogP contribution in [0.3, 0.4) is 0 Å². The topological polar surface area (TPSA) is 79.3 Å². The normalized spacial score (nSPS) is 20.7. The molecule has 2 aromatic heterocycles. The second kappa shape index (κ2) is 10.5. The van der Waals surface area contributed by atoms with Crippen LogP contribution in [-0.2, 0) is 17.6 Å². The second-order valence-corrected chi connectivity index (χ2v) is 9.98. The quantitative estimate of drug-likeness (QED) is 0.564. The zero-order chi connectivity index (χ0) is 24.2. The highest BCUT2D eigenvalue weighted by molar-refractivity contribution is 5.93. The summed E-state index contributed by atoms with van der Waals surface area (Å²) in [4.78, 5) is 42.8. The van der Waals surface area contributed by atoms with Crippen molar-refractivity contribution in [1.82, 2.24) is 24.8 Å². The summed E-state index contributed by atoms with van der Waals surface area (Å²) >= 11 is 0. The molecule has 35 heavy (non-hydrogen) atoms. The largest absolute Gasteiger partial charge is 0.343 e. The molecule has 0 aliphatic carbocycles. The van der Waals surface area contributed by atoms with Crippen molar-refractivity contribution in [1.29, 1.82) is 0 Å². The Morgan fingerprint density at radius 1 is 0.857 bits per heavy atom. The summed E-state index contributed by atoms with van der Waals surface area (Å²) in [5, 5.41) is 1.20. The van der Waals surface area contributed by atoms with Crippen LogP contribution in [0.2, 0.25) is 0 Å². The SMILES string of the molecule is CC(=O)N1CCC[C@@H](Cc2nccnc2C(=O)N2CCC[C@@H](Cc3cccc4ncccc34)C2)C1. The van der Waals surface area contributed by atoms with Crippen molar-refractivity contribution < 1.29 is 9.59 Å². The van der Waals surface area contributed by atoms with Gasteiger partial charge in [-0.1, -0.05) is 18.2 Å². The number of hydrogen-bond acceptors (Lipinski definition) is 5. The van der Waals surface area contributed by atoms with E-state index in [2.05, 4.69) is 33.2 Å². The van der Waals surface area contributed by atoms with E-state index in [-0.39, 0.29) is 11.8 Å². The number of piperidine rings is 2. The van der Waals surface area contributed by atoms with Crippen LogP contribution in [0, 0.1) is 11.8 Å². The van der Waals surface area contributed by atoms with Crippen LogP contribution >= 0.6 is 0 Å². The standard InChI is InChI=1S/C28H33N5O2/c1-20(34)32-14-4-7-22(18-32)17-26-27(31-13-12-30-26)28(35)33-15-5-6-21(19-33)16-23-8-2-10-25-24(23)9-3-11-29-25/h2-3,8-13,21-22H,4-7,14-19H2,1H3/t21-,22-/m0/s1. The molecule has 0 bridgehead atoms. The van der Waals surface area contributed by atoms with Crippen LogP contribution in [0.25, 0.3) is 10.9 Å². The van der Waals surface area contributed by atoms with E-state index in [9.17, 15) is 9.59 Å². The number of hydrogen-bond donors (Lipinski definition) is 0. The minimum atomic E-state index is -0.0170. The summed E-state index contributed by atoms with van der Waals surface area (Å²) in [5.41, 5.74) is 3.55. The fourth-order valence-corrected chi connectivity index (χ4v) is 5.71. The maximum atomic E-state index is 13.6. The van der Waals surface area contributed by atoms with Crippen LogP contribution in [0.5, 0.6) is 0 Å². The Bertz CT molecular complexity index is 1210. The van der Waals surface area contributed by atoms with E-state index in [0.29, 0.717) is 24.0 Å². The summed E-state index contributed by atoms with van der Waals surface area (Å²) in [6, 6.07) is 10.4. The molecule has 2 amide bonds. The van der Waals surface area contributed by atoms with Crippen molar-refractivity contribution in [3.8, 4) is 0 Å². The molecule has 0 saturated carbocycles. The van der Waals surface area contributed by atoms with Crippen molar-refractivity contribution in [2.24, 2.45) is 11.8 Å². The van der Waals surface area contributed by atoms with Gasteiger partial charge in [0.15, 0.2) is 0 Å².